The average molecular weight is 582 g/mol. The highest BCUT2D eigenvalue weighted by Crippen LogP contribution is 2.36. The van der Waals surface area contributed by atoms with E-state index in [2.05, 4.69) is 42.6 Å². The van der Waals surface area contributed by atoms with Crippen LogP contribution in [0.4, 0.5) is 0 Å². The second kappa shape index (κ2) is 14.0. The highest BCUT2D eigenvalue weighted by atomic mass is 31.1. The van der Waals surface area contributed by atoms with Crippen molar-refractivity contribution in [2.45, 2.75) is 33.6 Å². The predicted octanol–water partition coefficient (Wildman–Crippen LogP) is 6.88. The maximum atomic E-state index is 10.9. The van der Waals surface area contributed by atoms with Crippen molar-refractivity contribution in [3.63, 3.8) is 0 Å². The van der Waals surface area contributed by atoms with Gasteiger partial charge >= 0.3 is 0 Å². The molecule has 0 aliphatic carbocycles. The summed E-state index contributed by atoms with van der Waals surface area (Å²) in [7, 11) is -0.328. The van der Waals surface area contributed by atoms with Gasteiger partial charge in [0.05, 0.1) is 20.1 Å². The van der Waals surface area contributed by atoms with Crippen LogP contribution < -0.4 is 24.3 Å². The lowest BCUT2D eigenvalue weighted by Crippen LogP contribution is -2.16. The predicted molar refractivity (Wildman–Crippen MR) is 164 cm³/mol. The molecule has 4 aromatic carbocycles. The third-order valence-electron chi connectivity index (χ3n) is 7.21. The number of fused-ring (bicyclic) bond motifs is 1. The van der Waals surface area contributed by atoms with Crippen molar-refractivity contribution in [2.75, 3.05) is 25.9 Å². The number of benzene rings is 4. The molecule has 215 valence electrons. The zero-order valence-corrected chi connectivity index (χ0v) is 24.9. The number of hydrogen-bond acceptors (Lipinski definition) is 7. The van der Waals surface area contributed by atoms with Crippen molar-refractivity contribution in [1.82, 2.24) is 5.32 Å². The van der Waals surface area contributed by atoms with Crippen molar-refractivity contribution in [2.24, 2.45) is 0 Å². The molecule has 0 spiro atoms. The second-order valence-electron chi connectivity index (χ2n) is 10.1. The molecule has 1 aliphatic rings. The van der Waals surface area contributed by atoms with Crippen molar-refractivity contribution in [1.29, 1.82) is 5.26 Å². The second-order valence-corrected chi connectivity index (χ2v) is 10.9. The largest absolute Gasteiger partial charge is 0.488 e. The summed E-state index contributed by atoms with van der Waals surface area (Å²) in [5, 5.41) is 12.6. The molecule has 0 bridgehead atoms. The summed E-state index contributed by atoms with van der Waals surface area (Å²) >= 11 is 0. The van der Waals surface area contributed by atoms with Gasteiger partial charge < -0.3 is 24.3 Å². The van der Waals surface area contributed by atoms with Gasteiger partial charge in [-0.25, -0.2) is 0 Å². The van der Waals surface area contributed by atoms with E-state index in [1.807, 2.05) is 49.4 Å². The van der Waals surface area contributed by atoms with Crippen molar-refractivity contribution in [3.05, 3.63) is 106 Å². The normalized spacial score (nSPS) is 12.1. The maximum Gasteiger partial charge on any atom is 0.161 e. The molecule has 1 radical (unpaired) electrons. The summed E-state index contributed by atoms with van der Waals surface area (Å²) in [6, 6.07) is 25.9. The standard InChI is InChI=1S/C34H34N2O5P/c1-23-15-29(20-36-11-14-42-37)33(40-21-26-6-3-5-25(16-26)19-35)18-32(23)41-22-28-7-4-8-30(24(28)2)27-9-10-31-34(17-27)39-13-12-38-31/h3-10,15-18,36,42H,11-14,20-22H2,1-2H3. The van der Waals surface area contributed by atoms with Crippen LogP contribution in [0.15, 0.2) is 72.8 Å². The third-order valence-corrected chi connectivity index (χ3v) is 7.66. The number of rotatable bonds is 12. The molecule has 8 heteroatoms. The maximum absolute atomic E-state index is 10.9. The van der Waals surface area contributed by atoms with E-state index in [-0.39, 0.29) is 8.46 Å². The fourth-order valence-corrected chi connectivity index (χ4v) is 5.21. The average Bonchev–Trinajstić information content (AvgIpc) is 3.02. The zero-order valence-electron chi connectivity index (χ0n) is 23.9. The molecular formula is C34H34N2O5P. The molecule has 1 atom stereocenters. The molecule has 7 nitrogen and oxygen atoms in total. The van der Waals surface area contributed by atoms with E-state index in [0.29, 0.717) is 57.0 Å². The third kappa shape index (κ3) is 7.09. The first-order valence-corrected chi connectivity index (χ1v) is 15.1. The molecule has 0 fully saturated rings. The Morgan fingerprint density at radius 2 is 1.69 bits per heavy atom. The van der Waals surface area contributed by atoms with Gasteiger partial charge in [0.1, 0.15) is 37.9 Å². The molecule has 1 unspecified atom stereocenters. The van der Waals surface area contributed by atoms with Gasteiger partial charge in [-0.2, -0.15) is 5.26 Å². The summed E-state index contributed by atoms with van der Waals surface area (Å²) < 4.78 is 35.0. The Labute approximate surface area is 248 Å². The monoisotopic (exact) mass is 581 g/mol. The number of hydrogen-bond donors (Lipinski definition) is 1. The van der Waals surface area contributed by atoms with Crippen LogP contribution in [0.25, 0.3) is 11.1 Å². The zero-order chi connectivity index (χ0) is 29.3. The van der Waals surface area contributed by atoms with Crippen molar-refractivity contribution < 1.29 is 23.5 Å². The van der Waals surface area contributed by atoms with Crippen LogP contribution in [0.2, 0.25) is 0 Å². The molecule has 1 heterocycles. The fourth-order valence-electron chi connectivity index (χ4n) is 4.93. The Balaban J connectivity index is 1.35. The van der Waals surface area contributed by atoms with E-state index in [1.165, 1.54) is 0 Å². The SMILES string of the molecule is Cc1cc(CNCC[PH]=O)c(OCc2cccc(C#N)c2)cc1OCc1cccc(-c2ccc3c(c2)OCCO3)c1C. The van der Waals surface area contributed by atoms with Crippen LogP contribution in [0.3, 0.4) is 0 Å². The summed E-state index contributed by atoms with van der Waals surface area (Å²) in [5.41, 5.74) is 7.91. The van der Waals surface area contributed by atoms with Gasteiger partial charge in [0, 0.05) is 30.9 Å². The molecule has 0 amide bonds. The number of nitriles is 1. The van der Waals surface area contributed by atoms with Gasteiger partial charge in [0.15, 0.2) is 11.5 Å². The number of ether oxygens (including phenoxy) is 4. The van der Waals surface area contributed by atoms with Crippen LogP contribution in [0, 0.1) is 25.2 Å². The van der Waals surface area contributed by atoms with Crippen molar-refractivity contribution in [3.8, 4) is 40.2 Å². The fraction of sp³-hybridized carbons (Fsp3) is 0.265. The van der Waals surface area contributed by atoms with Crippen molar-refractivity contribution >= 4 is 8.46 Å². The van der Waals surface area contributed by atoms with Crippen LogP contribution in [-0.4, -0.2) is 25.9 Å². The molecule has 42 heavy (non-hydrogen) atoms. The van der Waals surface area contributed by atoms with E-state index in [4.69, 9.17) is 18.9 Å². The Hall–Kier alpha value is -4.37. The van der Waals surface area contributed by atoms with Gasteiger partial charge in [-0.1, -0.05) is 36.4 Å². The first-order chi connectivity index (χ1) is 20.6. The van der Waals surface area contributed by atoms with Gasteiger partial charge in [0.2, 0.25) is 0 Å². The van der Waals surface area contributed by atoms with Gasteiger partial charge in [0.25, 0.3) is 0 Å². The Kier molecular flexibility index (Phi) is 9.71. The number of nitrogens with zero attached hydrogens (tertiary/aromatic N) is 1. The molecule has 0 saturated heterocycles. The molecule has 1 N–H and O–H groups in total. The lowest BCUT2D eigenvalue weighted by atomic mass is 9.96. The molecule has 5 rings (SSSR count). The lowest BCUT2D eigenvalue weighted by molar-refractivity contribution is 0.171. The van der Waals surface area contributed by atoms with Gasteiger partial charge in [-0.3, -0.25) is 4.57 Å². The number of nitrogens with one attached hydrogen (secondary N) is 1. The topological polar surface area (TPSA) is 89.8 Å². The first kappa shape index (κ1) is 29.1. The Bertz CT molecular complexity index is 1610. The highest BCUT2D eigenvalue weighted by Gasteiger charge is 2.15. The summed E-state index contributed by atoms with van der Waals surface area (Å²) in [5.74, 6) is 2.99. The minimum absolute atomic E-state index is 0.323. The molecule has 0 saturated carbocycles. The van der Waals surface area contributed by atoms with Crippen LogP contribution in [-0.2, 0) is 24.3 Å². The minimum Gasteiger partial charge on any atom is -0.488 e. The van der Waals surface area contributed by atoms with E-state index in [9.17, 15) is 9.83 Å². The minimum atomic E-state index is -0.328. The first-order valence-electron chi connectivity index (χ1n) is 14.0. The highest BCUT2D eigenvalue weighted by molar-refractivity contribution is 7.23. The summed E-state index contributed by atoms with van der Waals surface area (Å²) in [4.78, 5) is 0. The lowest BCUT2D eigenvalue weighted by Gasteiger charge is -2.20. The van der Waals surface area contributed by atoms with Crippen LogP contribution in [0.1, 0.15) is 33.4 Å². The molecule has 4 aromatic rings. The van der Waals surface area contributed by atoms with Crippen LogP contribution >= 0.6 is 8.46 Å². The van der Waals surface area contributed by atoms with E-state index < -0.39 is 0 Å². The summed E-state index contributed by atoms with van der Waals surface area (Å²) in [6.07, 6.45) is 0.599. The molecule has 0 aromatic heterocycles. The van der Waals surface area contributed by atoms with E-state index in [0.717, 1.165) is 56.2 Å². The van der Waals surface area contributed by atoms with Gasteiger partial charge in [-0.15, -0.1) is 0 Å². The van der Waals surface area contributed by atoms with Crippen LogP contribution in [0.5, 0.6) is 23.0 Å². The van der Waals surface area contributed by atoms with E-state index >= 15 is 0 Å². The molecule has 1 aliphatic heterocycles. The molecular weight excluding hydrogens is 547 g/mol. The summed E-state index contributed by atoms with van der Waals surface area (Å²) in [6.45, 7) is 7.21. The smallest absolute Gasteiger partial charge is 0.161 e. The van der Waals surface area contributed by atoms with Gasteiger partial charge in [-0.05, 0) is 77.6 Å². The number of aryl methyl sites for hydroxylation is 1. The Morgan fingerprint density at radius 1 is 0.881 bits per heavy atom. The van der Waals surface area contributed by atoms with E-state index in [1.54, 1.807) is 6.07 Å². The Morgan fingerprint density at radius 3 is 2.52 bits per heavy atom. The quantitative estimate of drug-likeness (QED) is 0.144.